The number of rotatable bonds is 2. The third kappa shape index (κ3) is 3.65. The summed E-state index contributed by atoms with van der Waals surface area (Å²) in [5, 5.41) is 2.93. The summed E-state index contributed by atoms with van der Waals surface area (Å²) in [7, 11) is 2.16. The fourth-order valence-corrected chi connectivity index (χ4v) is 4.66. The zero-order valence-corrected chi connectivity index (χ0v) is 17.4. The highest BCUT2D eigenvalue weighted by Gasteiger charge is 2.38. The Balaban J connectivity index is 1.47. The molecule has 3 aliphatic rings. The molecule has 3 aliphatic heterocycles. The van der Waals surface area contributed by atoms with Crippen LogP contribution in [0.4, 0.5) is 27.9 Å². The molecule has 0 aliphatic carbocycles. The summed E-state index contributed by atoms with van der Waals surface area (Å²) in [6.07, 6.45) is 6.23. The van der Waals surface area contributed by atoms with Gasteiger partial charge in [0, 0.05) is 38.9 Å². The Bertz CT molecular complexity index is 907. The van der Waals surface area contributed by atoms with Crippen LogP contribution >= 0.6 is 0 Å². The Morgan fingerprint density at radius 2 is 1.97 bits per heavy atom. The predicted molar refractivity (Wildman–Crippen MR) is 117 cm³/mol. The number of amides is 2. The molecule has 2 aromatic rings. The molecule has 5 rings (SSSR count). The van der Waals surface area contributed by atoms with Crippen molar-refractivity contribution in [2.45, 2.75) is 25.3 Å². The topological polar surface area (TPSA) is 80.7 Å². The molecule has 9 nitrogen and oxygen atoms in total. The van der Waals surface area contributed by atoms with Gasteiger partial charge in [0.15, 0.2) is 5.82 Å². The third-order valence-corrected chi connectivity index (χ3v) is 6.25. The van der Waals surface area contributed by atoms with E-state index in [0.29, 0.717) is 5.82 Å². The summed E-state index contributed by atoms with van der Waals surface area (Å²) in [6, 6.07) is 5.89. The second-order valence-corrected chi connectivity index (χ2v) is 8.29. The SMILES string of the molecule is CN1CCCN(c2ccc3c(n2)N(C(=O)Nc2ccncn2)C2CCCN3C2)CC1. The van der Waals surface area contributed by atoms with Crippen molar-refractivity contribution in [2.24, 2.45) is 0 Å². The Labute approximate surface area is 176 Å². The lowest BCUT2D eigenvalue weighted by molar-refractivity contribution is 0.252. The highest BCUT2D eigenvalue weighted by Crippen LogP contribution is 2.39. The molecule has 5 heterocycles. The molecule has 2 aromatic heterocycles. The van der Waals surface area contributed by atoms with Crippen molar-refractivity contribution in [1.82, 2.24) is 19.9 Å². The number of anilines is 4. The summed E-state index contributed by atoms with van der Waals surface area (Å²) >= 11 is 0. The van der Waals surface area contributed by atoms with Crippen LogP contribution in [0.5, 0.6) is 0 Å². The van der Waals surface area contributed by atoms with E-state index in [9.17, 15) is 4.79 Å². The quantitative estimate of drug-likeness (QED) is 0.814. The number of nitrogens with one attached hydrogen (secondary N) is 1. The van der Waals surface area contributed by atoms with E-state index in [1.807, 2.05) is 4.90 Å². The molecule has 0 radical (unpaired) electrons. The summed E-state index contributed by atoms with van der Waals surface area (Å²) in [5.41, 5.74) is 1.04. The number of fused-ring (bicyclic) bond motifs is 4. The third-order valence-electron chi connectivity index (χ3n) is 6.25. The highest BCUT2D eigenvalue weighted by atomic mass is 16.2. The van der Waals surface area contributed by atoms with Crippen molar-refractivity contribution in [2.75, 3.05) is 66.3 Å². The van der Waals surface area contributed by atoms with Crippen molar-refractivity contribution in [3.05, 3.63) is 30.7 Å². The first-order chi connectivity index (χ1) is 14.7. The Hall–Kier alpha value is -2.94. The molecule has 2 bridgehead atoms. The van der Waals surface area contributed by atoms with Crippen LogP contribution < -0.4 is 20.0 Å². The van der Waals surface area contributed by atoms with E-state index in [1.165, 1.54) is 6.33 Å². The monoisotopic (exact) mass is 408 g/mol. The van der Waals surface area contributed by atoms with Crippen molar-refractivity contribution < 1.29 is 4.79 Å². The maximum absolute atomic E-state index is 13.3. The molecule has 2 saturated heterocycles. The van der Waals surface area contributed by atoms with Crippen LogP contribution in [0.15, 0.2) is 30.7 Å². The van der Waals surface area contributed by atoms with Gasteiger partial charge in [0.05, 0.1) is 11.7 Å². The van der Waals surface area contributed by atoms with E-state index in [4.69, 9.17) is 4.98 Å². The van der Waals surface area contributed by atoms with Gasteiger partial charge in [-0.05, 0) is 51.1 Å². The molecule has 2 amide bonds. The van der Waals surface area contributed by atoms with Gasteiger partial charge in [0.1, 0.15) is 18.0 Å². The molecule has 1 unspecified atom stereocenters. The van der Waals surface area contributed by atoms with Gasteiger partial charge in [-0.25, -0.2) is 19.7 Å². The normalized spacial score (nSPS) is 21.8. The smallest absolute Gasteiger partial charge is 0.329 e. The first-order valence-electron chi connectivity index (χ1n) is 10.7. The number of urea groups is 1. The summed E-state index contributed by atoms with van der Waals surface area (Å²) in [5.74, 6) is 2.21. The summed E-state index contributed by atoms with van der Waals surface area (Å²) in [6.45, 7) is 5.91. The standard InChI is InChI=1S/C21H28N8O/c1-26-9-3-11-27(13-12-26)19-6-5-17-20(25-19)29(16-4-2-10-28(17)14-16)21(30)24-18-7-8-22-15-23-18/h5-8,15-16H,2-4,9-14H2,1H3,(H,22,23,24,30). The molecule has 30 heavy (non-hydrogen) atoms. The zero-order valence-electron chi connectivity index (χ0n) is 17.4. The van der Waals surface area contributed by atoms with Crippen molar-refractivity contribution >= 4 is 29.2 Å². The minimum Gasteiger partial charge on any atom is -0.366 e. The number of likely N-dealkylation sites (N-methyl/N-ethyl adjacent to an activating group) is 1. The molecule has 9 heteroatoms. The van der Waals surface area contributed by atoms with Gasteiger partial charge in [-0.1, -0.05) is 0 Å². The fourth-order valence-electron chi connectivity index (χ4n) is 4.66. The lowest BCUT2D eigenvalue weighted by atomic mass is 10.00. The molecule has 0 spiro atoms. The number of carbonyl (C=O) groups is 1. The number of aromatic nitrogens is 3. The van der Waals surface area contributed by atoms with E-state index in [2.05, 4.69) is 49.2 Å². The van der Waals surface area contributed by atoms with E-state index < -0.39 is 0 Å². The van der Waals surface area contributed by atoms with Gasteiger partial charge < -0.3 is 14.7 Å². The van der Waals surface area contributed by atoms with Crippen molar-refractivity contribution in [3.63, 3.8) is 0 Å². The fraction of sp³-hybridized carbons (Fsp3) is 0.524. The zero-order chi connectivity index (χ0) is 20.5. The highest BCUT2D eigenvalue weighted by molar-refractivity contribution is 6.04. The Morgan fingerprint density at radius 1 is 1.07 bits per heavy atom. The molecule has 0 aromatic carbocycles. The van der Waals surface area contributed by atoms with Crippen molar-refractivity contribution in [3.8, 4) is 0 Å². The first-order valence-corrected chi connectivity index (χ1v) is 10.7. The predicted octanol–water partition coefficient (Wildman–Crippen LogP) is 2.03. The second kappa shape index (κ2) is 8.06. The molecule has 158 valence electrons. The Morgan fingerprint density at radius 3 is 2.83 bits per heavy atom. The van der Waals surface area contributed by atoms with Gasteiger partial charge in [-0.2, -0.15) is 0 Å². The molecule has 1 N–H and O–H groups in total. The van der Waals surface area contributed by atoms with Gasteiger partial charge >= 0.3 is 6.03 Å². The lowest BCUT2D eigenvalue weighted by Crippen LogP contribution is -2.56. The molecular weight excluding hydrogens is 380 g/mol. The van der Waals surface area contributed by atoms with Crippen LogP contribution in [0.2, 0.25) is 0 Å². The van der Waals surface area contributed by atoms with Gasteiger partial charge in [-0.15, -0.1) is 0 Å². The largest absolute Gasteiger partial charge is 0.366 e. The first kappa shape index (κ1) is 19.0. The minimum absolute atomic E-state index is 0.117. The van der Waals surface area contributed by atoms with Crippen LogP contribution in [0.3, 0.4) is 0 Å². The van der Waals surface area contributed by atoms with E-state index in [0.717, 1.165) is 75.9 Å². The average Bonchev–Trinajstić information content (AvgIpc) is 2.99. The maximum Gasteiger partial charge on any atom is 0.329 e. The molecular formula is C21H28N8O. The van der Waals surface area contributed by atoms with Gasteiger partial charge in [-0.3, -0.25) is 10.2 Å². The molecule has 2 fully saturated rings. The molecule has 0 saturated carbocycles. The van der Waals surface area contributed by atoms with Gasteiger partial charge in [0.25, 0.3) is 0 Å². The second-order valence-electron chi connectivity index (χ2n) is 8.29. The average molecular weight is 409 g/mol. The van der Waals surface area contributed by atoms with Crippen LogP contribution in [-0.4, -0.2) is 78.2 Å². The number of hydrogen-bond donors (Lipinski definition) is 1. The van der Waals surface area contributed by atoms with Crippen LogP contribution in [-0.2, 0) is 0 Å². The number of hydrogen-bond acceptors (Lipinski definition) is 7. The summed E-state index contributed by atoms with van der Waals surface area (Å²) in [4.78, 5) is 35.3. The number of piperidine rings is 1. The lowest BCUT2D eigenvalue weighted by Gasteiger charge is -2.46. The van der Waals surface area contributed by atoms with E-state index in [-0.39, 0.29) is 12.1 Å². The number of nitrogens with zero attached hydrogens (tertiary/aromatic N) is 7. The summed E-state index contributed by atoms with van der Waals surface area (Å²) < 4.78 is 0. The number of pyridine rings is 1. The van der Waals surface area contributed by atoms with Gasteiger partial charge in [0.2, 0.25) is 0 Å². The van der Waals surface area contributed by atoms with E-state index >= 15 is 0 Å². The van der Waals surface area contributed by atoms with Crippen LogP contribution in [0, 0.1) is 0 Å². The number of carbonyl (C=O) groups excluding carboxylic acids is 1. The van der Waals surface area contributed by atoms with E-state index in [1.54, 1.807) is 12.3 Å². The Kier molecular flexibility index (Phi) is 5.12. The maximum atomic E-state index is 13.3. The van der Waals surface area contributed by atoms with Crippen molar-refractivity contribution in [1.29, 1.82) is 0 Å². The van der Waals surface area contributed by atoms with Crippen LogP contribution in [0.25, 0.3) is 0 Å². The van der Waals surface area contributed by atoms with Crippen LogP contribution in [0.1, 0.15) is 19.3 Å². The molecule has 1 atom stereocenters. The minimum atomic E-state index is -0.179.